The molecule has 0 saturated heterocycles. The lowest BCUT2D eigenvalue weighted by molar-refractivity contribution is -0.139. The highest BCUT2D eigenvalue weighted by molar-refractivity contribution is 9.10. The number of thiazole rings is 1. The highest BCUT2D eigenvalue weighted by Gasteiger charge is 2.34. The Labute approximate surface area is 236 Å². The summed E-state index contributed by atoms with van der Waals surface area (Å²) in [5, 5.41) is 0. The number of hydrogen-bond donors (Lipinski definition) is 0. The van der Waals surface area contributed by atoms with Crippen molar-refractivity contribution in [2.75, 3.05) is 20.8 Å². The van der Waals surface area contributed by atoms with E-state index in [1.54, 1.807) is 45.2 Å². The Bertz CT molecular complexity index is 1760. The van der Waals surface area contributed by atoms with E-state index < -0.39 is 12.0 Å². The molecule has 1 atom stereocenters. The topological polar surface area (TPSA) is 92.3 Å². The fourth-order valence-electron chi connectivity index (χ4n) is 4.46. The summed E-state index contributed by atoms with van der Waals surface area (Å²) in [7, 11) is 3.08. The van der Waals surface area contributed by atoms with Crippen LogP contribution in [-0.2, 0) is 9.53 Å². The minimum Gasteiger partial charge on any atom is -0.493 e. The third-order valence-corrected chi connectivity index (χ3v) is 7.78. The number of carbonyl (C=O) groups is 1. The zero-order valence-corrected chi connectivity index (χ0v) is 24.1. The number of rotatable bonds is 7. The van der Waals surface area contributed by atoms with Gasteiger partial charge in [-0.1, -0.05) is 45.5 Å². The summed E-state index contributed by atoms with van der Waals surface area (Å²) in [6.07, 6.45) is 1.70. The van der Waals surface area contributed by atoms with Crippen molar-refractivity contribution in [2.24, 2.45) is 4.99 Å². The van der Waals surface area contributed by atoms with E-state index in [0.29, 0.717) is 49.2 Å². The third-order valence-electron chi connectivity index (χ3n) is 6.27. The standard InChI is InChI=1S/C29H25BrN2O6S/c1-5-37-28(34)25-16(2)31-29-32(26(25)18-8-12-22(35-3)23(14-18)36-4)27(33)24(39-29)15-20-11-13-21(38-20)17-6-9-19(30)10-7-17/h6-15,26H,5H2,1-4H3/b24-15-/t26-/m0/s1. The van der Waals surface area contributed by atoms with Crippen LogP contribution in [-0.4, -0.2) is 31.4 Å². The maximum absolute atomic E-state index is 13.8. The number of hydrogen-bond acceptors (Lipinski definition) is 8. The number of aromatic nitrogens is 1. The number of benzene rings is 2. The average Bonchev–Trinajstić information content (AvgIpc) is 3.52. The summed E-state index contributed by atoms with van der Waals surface area (Å²) in [5.74, 6) is 1.70. The molecule has 2 aromatic heterocycles. The first-order valence-corrected chi connectivity index (χ1v) is 13.7. The third kappa shape index (κ3) is 5.09. The maximum atomic E-state index is 13.8. The van der Waals surface area contributed by atoms with Crippen LogP contribution in [0, 0.1) is 0 Å². The van der Waals surface area contributed by atoms with Crippen LogP contribution in [0.25, 0.3) is 17.4 Å². The quantitative estimate of drug-likeness (QED) is 0.279. The number of fused-ring (bicyclic) bond motifs is 1. The molecule has 1 aliphatic rings. The number of methoxy groups -OCH3 is 2. The first kappa shape index (κ1) is 26.7. The second-order valence-corrected chi connectivity index (χ2v) is 10.6. The molecule has 4 aromatic rings. The second-order valence-electron chi connectivity index (χ2n) is 8.63. The summed E-state index contributed by atoms with van der Waals surface area (Å²) < 4.78 is 25.2. The van der Waals surface area contributed by atoms with E-state index in [1.165, 1.54) is 23.0 Å². The highest BCUT2D eigenvalue weighted by atomic mass is 79.9. The number of halogens is 1. The zero-order valence-electron chi connectivity index (χ0n) is 21.7. The fraction of sp³-hybridized carbons (Fsp3) is 0.207. The molecule has 0 N–H and O–H groups in total. The molecule has 0 amide bonds. The van der Waals surface area contributed by atoms with E-state index >= 15 is 0 Å². The van der Waals surface area contributed by atoms with Crippen LogP contribution in [0.3, 0.4) is 0 Å². The lowest BCUT2D eigenvalue weighted by atomic mass is 9.95. The molecule has 2 aromatic carbocycles. The normalized spacial score (nSPS) is 15.1. The van der Waals surface area contributed by atoms with Gasteiger partial charge in [0.2, 0.25) is 0 Å². The number of allylic oxidation sites excluding steroid dienone is 1. The van der Waals surface area contributed by atoms with Crippen molar-refractivity contribution in [2.45, 2.75) is 19.9 Å². The summed E-state index contributed by atoms with van der Waals surface area (Å²) in [6.45, 7) is 3.67. The molecule has 39 heavy (non-hydrogen) atoms. The van der Waals surface area contributed by atoms with Crippen molar-refractivity contribution in [1.82, 2.24) is 4.57 Å². The van der Waals surface area contributed by atoms with Crippen LogP contribution in [0.1, 0.15) is 31.2 Å². The van der Waals surface area contributed by atoms with Gasteiger partial charge in [-0.15, -0.1) is 0 Å². The molecule has 0 unspecified atom stereocenters. The van der Waals surface area contributed by atoms with Crippen LogP contribution in [0.15, 0.2) is 84.5 Å². The minimum atomic E-state index is -0.766. The number of esters is 1. The van der Waals surface area contributed by atoms with Crippen molar-refractivity contribution >= 4 is 39.3 Å². The lowest BCUT2D eigenvalue weighted by Gasteiger charge is -2.25. The van der Waals surface area contributed by atoms with Gasteiger partial charge < -0.3 is 18.6 Å². The molecular formula is C29H25BrN2O6S. The Morgan fingerprint density at radius 2 is 1.85 bits per heavy atom. The molecule has 3 heterocycles. The van der Waals surface area contributed by atoms with Gasteiger partial charge >= 0.3 is 5.97 Å². The smallest absolute Gasteiger partial charge is 0.338 e. The van der Waals surface area contributed by atoms with Gasteiger partial charge in [0.05, 0.1) is 42.7 Å². The van der Waals surface area contributed by atoms with E-state index in [0.717, 1.165) is 10.0 Å². The molecule has 8 nitrogen and oxygen atoms in total. The lowest BCUT2D eigenvalue weighted by Crippen LogP contribution is -2.39. The summed E-state index contributed by atoms with van der Waals surface area (Å²) in [4.78, 5) is 32.0. The van der Waals surface area contributed by atoms with Crippen molar-refractivity contribution in [3.63, 3.8) is 0 Å². The molecule has 0 saturated carbocycles. The SMILES string of the molecule is CCOC(=O)C1=C(C)N=c2s/c(=C\c3ccc(-c4ccc(Br)cc4)o3)c(=O)n2[C@H]1c1ccc(OC)c(OC)c1. The number of furan rings is 1. The Morgan fingerprint density at radius 3 is 2.54 bits per heavy atom. The van der Waals surface area contributed by atoms with Gasteiger partial charge in [0.25, 0.3) is 5.56 Å². The van der Waals surface area contributed by atoms with Gasteiger partial charge in [0, 0.05) is 16.1 Å². The molecule has 0 radical (unpaired) electrons. The summed E-state index contributed by atoms with van der Waals surface area (Å²) in [6, 6.07) is 16.0. The van der Waals surface area contributed by atoms with Gasteiger partial charge in [0.1, 0.15) is 11.5 Å². The molecule has 0 fully saturated rings. The van der Waals surface area contributed by atoms with E-state index in [2.05, 4.69) is 20.9 Å². The Hall–Kier alpha value is -3.89. The van der Waals surface area contributed by atoms with Crippen LogP contribution < -0.4 is 24.4 Å². The monoisotopic (exact) mass is 608 g/mol. The van der Waals surface area contributed by atoms with Crippen LogP contribution in [0.5, 0.6) is 11.5 Å². The van der Waals surface area contributed by atoms with Gasteiger partial charge in [-0.2, -0.15) is 0 Å². The molecule has 200 valence electrons. The van der Waals surface area contributed by atoms with Crippen molar-refractivity contribution in [3.8, 4) is 22.8 Å². The van der Waals surface area contributed by atoms with Gasteiger partial charge in [0.15, 0.2) is 16.3 Å². The van der Waals surface area contributed by atoms with Crippen molar-refractivity contribution in [1.29, 1.82) is 0 Å². The largest absolute Gasteiger partial charge is 0.493 e. The molecule has 0 bridgehead atoms. The Morgan fingerprint density at radius 1 is 1.10 bits per heavy atom. The van der Waals surface area contributed by atoms with Crippen LogP contribution in [0.4, 0.5) is 0 Å². The first-order chi connectivity index (χ1) is 18.8. The zero-order chi connectivity index (χ0) is 27.7. The highest BCUT2D eigenvalue weighted by Crippen LogP contribution is 2.36. The predicted molar refractivity (Wildman–Crippen MR) is 152 cm³/mol. The maximum Gasteiger partial charge on any atom is 0.338 e. The molecule has 10 heteroatoms. The number of nitrogens with zero attached hydrogens (tertiary/aromatic N) is 2. The van der Waals surface area contributed by atoms with Crippen LogP contribution >= 0.6 is 27.3 Å². The molecular weight excluding hydrogens is 584 g/mol. The van der Waals surface area contributed by atoms with Gasteiger partial charge in [-0.25, -0.2) is 9.79 Å². The molecule has 0 aliphatic carbocycles. The van der Waals surface area contributed by atoms with E-state index in [9.17, 15) is 9.59 Å². The summed E-state index contributed by atoms with van der Waals surface area (Å²) >= 11 is 4.67. The first-order valence-electron chi connectivity index (χ1n) is 12.1. The van der Waals surface area contributed by atoms with Crippen molar-refractivity contribution < 1.29 is 23.4 Å². The van der Waals surface area contributed by atoms with Crippen molar-refractivity contribution in [3.05, 3.63) is 101 Å². The fourth-order valence-corrected chi connectivity index (χ4v) is 5.75. The minimum absolute atomic E-state index is 0.192. The van der Waals surface area contributed by atoms with E-state index in [4.69, 9.17) is 18.6 Å². The Kier molecular flexibility index (Phi) is 7.58. The second kappa shape index (κ2) is 11.1. The molecule has 1 aliphatic heterocycles. The number of ether oxygens (including phenoxy) is 3. The number of carbonyl (C=O) groups excluding carboxylic acids is 1. The molecule has 5 rings (SSSR count). The van der Waals surface area contributed by atoms with Gasteiger partial charge in [-0.3, -0.25) is 9.36 Å². The van der Waals surface area contributed by atoms with Crippen LogP contribution in [0.2, 0.25) is 0 Å². The van der Waals surface area contributed by atoms with E-state index in [1.807, 2.05) is 36.4 Å². The van der Waals surface area contributed by atoms with E-state index in [-0.39, 0.29) is 12.2 Å². The summed E-state index contributed by atoms with van der Waals surface area (Å²) in [5.41, 5.74) is 2.06. The molecule has 0 spiro atoms. The van der Waals surface area contributed by atoms with Gasteiger partial charge in [-0.05, 0) is 55.8 Å². The predicted octanol–water partition coefficient (Wildman–Crippen LogP) is 4.84. The Balaban J connectivity index is 1.65. The average molecular weight is 609 g/mol.